The third kappa shape index (κ3) is 4.14. The van der Waals surface area contributed by atoms with Crippen LogP contribution in [0.25, 0.3) is 0 Å². The van der Waals surface area contributed by atoms with Crippen LogP contribution in [0, 0.1) is 12.7 Å². The van der Waals surface area contributed by atoms with E-state index in [4.69, 9.17) is 0 Å². The van der Waals surface area contributed by atoms with Gasteiger partial charge < -0.3 is 5.32 Å². The zero-order valence-corrected chi connectivity index (χ0v) is 12.1. The number of hydrogen-bond donors (Lipinski definition) is 1. The molecule has 0 aliphatic carbocycles. The molecule has 0 aliphatic heterocycles. The number of nitrogens with one attached hydrogen (secondary N) is 1. The highest BCUT2D eigenvalue weighted by molar-refractivity contribution is 5.27. The van der Waals surface area contributed by atoms with Gasteiger partial charge in [0.25, 0.3) is 0 Å². The number of hydrogen-bond acceptors (Lipinski definition) is 2. The van der Waals surface area contributed by atoms with Crippen LogP contribution >= 0.6 is 0 Å². The summed E-state index contributed by atoms with van der Waals surface area (Å²) in [6.45, 7) is 1.96. The van der Waals surface area contributed by atoms with Gasteiger partial charge in [-0.25, -0.2) is 4.39 Å². The Bertz CT molecular complexity index is 540. The van der Waals surface area contributed by atoms with E-state index in [9.17, 15) is 4.39 Å². The van der Waals surface area contributed by atoms with E-state index in [1.165, 1.54) is 17.2 Å². The molecule has 0 spiro atoms. The Balaban J connectivity index is 1.95. The zero-order valence-electron chi connectivity index (χ0n) is 12.1. The first kappa shape index (κ1) is 14.7. The van der Waals surface area contributed by atoms with Crippen molar-refractivity contribution in [2.24, 2.45) is 0 Å². The molecule has 2 nitrogen and oxygen atoms in total. The second kappa shape index (κ2) is 7.15. The van der Waals surface area contributed by atoms with Gasteiger partial charge in [-0.1, -0.05) is 12.1 Å². The third-order valence-corrected chi connectivity index (χ3v) is 3.68. The summed E-state index contributed by atoms with van der Waals surface area (Å²) < 4.78 is 13.1. The molecule has 1 aromatic heterocycles. The van der Waals surface area contributed by atoms with E-state index in [1.807, 2.05) is 32.3 Å². The van der Waals surface area contributed by atoms with Crippen molar-refractivity contribution in [3.8, 4) is 0 Å². The second-order valence-electron chi connectivity index (χ2n) is 5.16. The van der Waals surface area contributed by atoms with Crippen molar-refractivity contribution in [2.75, 3.05) is 7.05 Å². The van der Waals surface area contributed by atoms with E-state index in [2.05, 4.69) is 16.4 Å². The first-order valence-electron chi connectivity index (χ1n) is 7.00. The number of nitrogens with zero attached hydrogens (tertiary/aromatic N) is 1. The van der Waals surface area contributed by atoms with Gasteiger partial charge in [0.15, 0.2) is 0 Å². The minimum Gasteiger partial charge on any atom is -0.317 e. The van der Waals surface area contributed by atoms with Gasteiger partial charge in [0.05, 0.1) is 0 Å². The molecule has 106 valence electrons. The average molecular weight is 272 g/mol. The standard InChI is InChI=1S/C17H21FN2/c1-13-10-16(18)7-6-15(13)11-17(19-2)8-5-14-4-3-9-20-12-14/h3-4,6-7,9-10,12,17,19H,5,8,11H2,1-2H3. The molecule has 1 unspecified atom stereocenters. The van der Waals surface area contributed by atoms with Gasteiger partial charge in [0, 0.05) is 18.4 Å². The van der Waals surface area contributed by atoms with Crippen LogP contribution in [0.3, 0.4) is 0 Å². The number of benzene rings is 1. The molecule has 0 radical (unpaired) electrons. The second-order valence-corrected chi connectivity index (χ2v) is 5.16. The van der Waals surface area contributed by atoms with Gasteiger partial charge in [-0.3, -0.25) is 4.98 Å². The fourth-order valence-corrected chi connectivity index (χ4v) is 2.39. The predicted molar refractivity (Wildman–Crippen MR) is 80.2 cm³/mol. The monoisotopic (exact) mass is 272 g/mol. The summed E-state index contributed by atoms with van der Waals surface area (Å²) in [6.07, 6.45) is 6.66. The number of halogens is 1. The quantitative estimate of drug-likeness (QED) is 0.873. The highest BCUT2D eigenvalue weighted by Gasteiger charge is 2.10. The Hall–Kier alpha value is -1.74. The van der Waals surface area contributed by atoms with Gasteiger partial charge in [0.2, 0.25) is 0 Å². The SMILES string of the molecule is CNC(CCc1cccnc1)Cc1ccc(F)cc1C. The molecule has 0 saturated heterocycles. The molecule has 1 aromatic carbocycles. The Morgan fingerprint density at radius 3 is 2.80 bits per heavy atom. The molecule has 1 atom stereocenters. The third-order valence-electron chi connectivity index (χ3n) is 3.68. The van der Waals surface area contributed by atoms with Gasteiger partial charge in [-0.05, 0) is 68.1 Å². The molecule has 0 bridgehead atoms. The van der Waals surface area contributed by atoms with Crippen molar-refractivity contribution in [3.05, 3.63) is 65.2 Å². The average Bonchev–Trinajstić information content (AvgIpc) is 2.46. The van der Waals surface area contributed by atoms with Crippen molar-refractivity contribution >= 4 is 0 Å². The molecule has 0 saturated carbocycles. The van der Waals surface area contributed by atoms with Crippen LogP contribution in [0.4, 0.5) is 4.39 Å². The molecule has 0 aliphatic rings. The lowest BCUT2D eigenvalue weighted by atomic mass is 9.97. The maximum absolute atomic E-state index is 13.1. The fourth-order valence-electron chi connectivity index (χ4n) is 2.39. The van der Waals surface area contributed by atoms with E-state index < -0.39 is 0 Å². The van der Waals surface area contributed by atoms with E-state index in [0.717, 1.165) is 24.8 Å². The number of aromatic nitrogens is 1. The van der Waals surface area contributed by atoms with Crippen molar-refractivity contribution in [3.63, 3.8) is 0 Å². The molecule has 3 heteroatoms. The van der Waals surface area contributed by atoms with Gasteiger partial charge in [0.1, 0.15) is 5.82 Å². The van der Waals surface area contributed by atoms with Crippen molar-refractivity contribution in [1.29, 1.82) is 0 Å². The first-order chi connectivity index (χ1) is 9.69. The number of aryl methyl sites for hydroxylation is 2. The maximum atomic E-state index is 13.1. The van der Waals surface area contributed by atoms with Crippen molar-refractivity contribution in [1.82, 2.24) is 10.3 Å². The lowest BCUT2D eigenvalue weighted by Crippen LogP contribution is -2.28. The van der Waals surface area contributed by atoms with Crippen LogP contribution in [0.15, 0.2) is 42.7 Å². The van der Waals surface area contributed by atoms with Crippen LogP contribution in [-0.4, -0.2) is 18.1 Å². The Labute approximate surface area is 120 Å². The molecular formula is C17H21FN2. The number of pyridine rings is 1. The van der Waals surface area contributed by atoms with Gasteiger partial charge in [-0.2, -0.15) is 0 Å². The summed E-state index contributed by atoms with van der Waals surface area (Å²) in [7, 11) is 1.98. The minimum absolute atomic E-state index is 0.164. The van der Waals surface area contributed by atoms with E-state index >= 15 is 0 Å². The first-order valence-corrected chi connectivity index (χ1v) is 7.00. The summed E-state index contributed by atoms with van der Waals surface area (Å²) >= 11 is 0. The number of rotatable bonds is 6. The summed E-state index contributed by atoms with van der Waals surface area (Å²) in [6, 6.07) is 9.48. The largest absolute Gasteiger partial charge is 0.317 e. The fraction of sp³-hybridized carbons (Fsp3) is 0.353. The molecule has 1 heterocycles. The zero-order chi connectivity index (χ0) is 14.4. The Kier molecular flexibility index (Phi) is 5.24. The van der Waals surface area contributed by atoms with Crippen LogP contribution in [0.2, 0.25) is 0 Å². The van der Waals surface area contributed by atoms with Gasteiger partial charge in [-0.15, -0.1) is 0 Å². The number of likely N-dealkylation sites (N-methyl/N-ethyl adjacent to an activating group) is 1. The van der Waals surface area contributed by atoms with Crippen molar-refractivity contribution < 1.29 is 4.39 Å². The summed E-state index contributed by atoms with van der Waals surface area (Å²) in [5, 5.41) is 3.35. The van der Waals surface area contributed by atoms with Crippen LogP contribution in [0.5, 0.6) is 0 Å². The van der Waals surface area contributed by atoms with Crippen LogP contribution in [0.1, 0.15) is 23.1 Å². The minimum atomic E-state index is -0.164. The van der Waals surface area contributed by atoms with E-state index in [0.29, 0.717) is 6.04 Å². The van der Waals surface area contributed by atoms with Crippen molar-refractivity contribution in [2.45, 2.75) is 32.2 Å². The maximum Gasteiger partial charge on any atom is 0.123 e. The van der Waals surface area contributed by atoms with E-state index in [1.54, 1.807) is 12.3 Å². The topological polar surface area (TPSA) is 24.9 Å². The molecule has 2 rings (SSSR count). The van der Waals surface area contributed by atoms with E-state index in [-0.39, 0.29) is 5.82 Å². The summed E-state index contributed by atoms with van der Waals surface area (Å²) in [4.78, 5) is 4.13. The predicted octanol–water partition coefficient (Wildman–Crippen LogP) is 3.29. The molecule has 2 aromatic rings. The highest BCUT2D eigenvalue weighted by atomic mass is 19.1. The van der Waals surface area contributed by atoms with Crippen LogP contribution < -0.4 is 5.32 Å². The highest BCUT2D eigenvalue weighted by Crippen LogP contribution is 2.14. The summed E-state index contributed by atoms with van der Waals surface area (Å²) in [5.74, 6) is -0.164. The Morgan fingerprint density at radius 2 is 2.15 bits per heavy atom. The summed E-state index contributed by atoms with van der Waals surface area (Å²) in [5.41, 5.74) is 3.48. The van der Waals surface area contributed by atoms with Crippen LogP contribution in [-0.2, 0) is 12.8 Å². The van der Waals surface area contributed by atoms with Gasteiger partial charge >= 0.3 is 0 Å². The molecular weight excluding hydrogens is 251 g/mol. The smallest absolute Gasteiger partial charge is 0.123 e. The molecule has 20 heavy (non-hydrogen) atoms. The molecule has 0 fully saturated rings. The lowest BCUT2D eigenvalue weighted by molar-refractivity contribution is 0.518. The normalized spacial score (nSPS) is 12.3. The molecule has 1 N–H and O–H groups in total. The Morgan fingerprint density at radius 1 is 1.30 bits per heavy atom. The molecule has 0 amide bonds. The lowest BCUT2D eigenvalue weighted by Gasteiger charge is -2.17.